The first-order valence-corrected chi connectivity index (χ1v) is 20.0. The average molecular weight is 866 g/mol. The van der Waals surface area contributed by atoms with Crippen molar-refractivity contribution in [2.45, 2.75) is 32.7 Å². The topological polar surface area (TPSA) is 212 Å². The van der Waals surface area contributed by atoms with Gasteiger partial charge in [-0.1, -0.05) is 36.7 Å². The highest BCUT2D eigenvalue weighted by molar-refractivity contribution is 9.10. The fraction of sp³-hybridized carbons (Fsp3) is 0.475. The molecule has 0 bridgehead atoms. The molecule has 1 aromatic carbocycles. The third kappa shape index (κ3) is 17.1. The first kappa shape index (κ1) is 45.5. The van der Waals surface area contributed by atoms with Crippen LogP contribution in [0.5, 0.6) is 5.75 Å². The van der Waals surface area contributed by atoms with Crippen molar-refractivity contribution in [1.29, 1.82) is 5.26 Å². The van der Waals surface area contributed by atoms with Crippen LogP contribution in [0.15, 0.2) is 63.9 Å². The largest absolute Gasteiger partial charge is 0.488 e. The molecule has 1 fully saturated rings. The lowest BCUT2D eigenvalue weighted by atomic mass is 10.0. The van der Waals surface area contributed by atoms with Gasteiger partial charge in [0.05, 0.1) is 64.1 Å². The molecule has 0 saturated carbocycles. The van der Waals surface area contributed by atoms with Crippen LogP contribution in [0.1, 0.15) is 42.9 Å². The SMILES string of the molecule is CCC[C@H](NC(=O)/C(C#N)=C/c1cccc(Br)n1)c1ccc(OC/C=N/OCCOCCOCCOCCNC(=O)CN2CCN(c3cc(N)nc(C)n3)CC2)cc1. The molecule has 18 heteroatoms. The Bertz CT molecular complexity index is 1800. The van der Waals surface area contributed by atoms with Crippen LogP contribution in [0, 0.1) is 18.3 Å². The van der Waals surface area contributed by atoms with E-state index in [2.05, 4.69) is 56.5 Å². The fourth-order valence-electron chi connectivity index (χ4n) is 5.74. The van der Waals surface area contributed by atoms with Crippen molar-refractivity contribution in [3.8, 4) is 11.8 Å². The average Bonchev–Trinajstić information content (AvgIpc) is 3.21. The highest BCUT2D eigenvalue weighted by Gasteiger charge is 2.21. The molecule has 0 spiro atoms. The van der Waals surface area contributed by atoms with Crippen molar-refractivity contribution >= 4 is 51.7 Å². The van der Waals surface area contributed by atoms with E-state index in [4.69, 9.17) is 29.5 Å². The number of aryl methyl sites for hydroxylation is 1. The summed E-state index contributed by atoms with van der Waals surface area (Å²) in [6, 6.07) is 16.2. The van der Waals surface area contributed by atoms with Gasteiger partial charge < -0.3 is 45.1 Å². The van der Waals surface area contributed by atoms with E-state index < -0.39 is 5.91 Å². The van der Waals surface area contributed by atoms with Gasteiger partial charge in [-0.05, 0) is 65.2 Å². The van der Waals surface area contributed by atoms with E-state index in [1.807, 2.05) is 44.2 Å². The lowest BCUT2D eigenvalue weighted by Crippen LogP contribution is -2.50. The number of aromatic nitrogens is 3. The van der Waals surface area contributed by atoms with Gasteiger partial charge in [-0.3, -0.25) is 14.5 Å². The first-order valence-electron chi connectivity index (χ1n) is 19.2. The number of amides is 2. The third-order valence-corrected chi connectivity index (χ3v) is 9.01. The number of nitriles is 1. The minimum Gasteiger partial charge on any atom is -0.488 e. The predicted molar refractivity (Wildman–Crippen MR) is 223 cm³/mol. The fourth-order valence-corrected chi connectivity index (χ4v) is 6.10. The molecule has 4 rings (SSSR count). The van der Waals surface area contributed by atoms with Gasteiger partial charge in [0.1, 0.15) is 52.7 Å². The van der Waals surface area contributed by atoms with E-state index in [1.165, 1.54) is 12.3 Å². The highest BCUT2D eigenvalue weighted by atomic mass is 79.9. The van der Waals surface area contributed by atoms with Crippen LogP contribution in [0.25, 0.3) is 6.08 Å². The minimum absolute atomic E-state index is 0.0243. The number of halogens is 1. The van der Waals surface area contributed by atoms with E-state index in [1.54, 1.807) is 24.3 Å². The number of hydrogen-bond acceptors (Lipinski definition) is 15. The number of carbonyl (C=O) groups excluding carboxylic acids is 2. The normalized spacial score (nSPS) is 13.9. The van der Waals surface area contributed by atoms with Gasteiger partial charge in [0.25, 0.3) is 5.91 Å². The number of nitrogen functional groups attached to an aromatic ring is 1. The molecule has 1 saturated heterocycles. The van der Waals surface area contributed by atoms with Crippen molar-refractivity contribution in [2.24, 2.45) is 5.16 Å². The van der Waals surface area contributed by atoms with E-state index in [0.717, 1.165) is 44.0 Å². The van der Waals surface area contributed by atoms with Gasteiger partial charge >= 0.3 is 0 Å². The first-order chi connectivity index (χ1) is 28.2. The Morgan fingerprint density at radius 3 is 2.36 bits per heavy atom. The molecule has 0 unspecified atom stereocenters. The summed E-state index contributed by atoms with van der Waals surface area (Å²) in [5.74, 6) is 2.07. The monoisotopic (exact) mass is 864 g/mol. The summed E-state index contributed by atoms with van der Waals surface area (Å²) in [7, 11) is 0. The Kier molecular flexibility index (Phi) is 20.4. The van der Waals surface area contributed by atoms with Gasteiger partial charge in [0.2, 0.25) is 5.91 Å². The third-order valence-electron chi connectivity index (χ3n) is 8.57. The zero-order valence-electron chi connectivity index (χ0n) is 33.1. The standard InChI is InChI=1S/C40H53BrN10O7/c1-3-5-35(49-40(53)32(28-42)26-33-6-4-7-36(41)48-33)31-8-10-34(11-9-31)57-19-13-45-58-25-24-56-23-22-55-21-20-54-18-12-44-39(52)29-50-14-16-51(17-15-50)38-27-37(43)46-30(2)47-38/h4,6-11,13,26-27,35H,3,5,12,14-25,29H2,1-2H3,(H,44,52)(H,49,53)(H2,43,46,47)/b32-26+,45-13+/t35-/m0/s1. The number of nitrogens with two attached hydrogens (primary N) is 1. The molecule has 312 valence electrons. The number of benzene rings is 1. The number of pyridine rings is 1. The second-order valence-corrected chi connectivity index (χ2v) is 13.8. The Balaban J connectivity index is 0.956. The quantitative estimate of drug-likeness (QED) is 0.0278. The van der Waals surface area contributed by atoms with Crippen LogP contribution < -0.4 is 26.0 Å². The van der Waals surface area contributed by atoms with Gasteiger partial charge in [0.15, 0.2) is 0 Å². The second-order valence-electron chi connectivity index (χ2n) is 13.0. The van der Waals surface area contributed by atoms with Crippen molar-refractivity contribution < 1.29 is 33.4 Å². The molecule has 58 heavy (non-hydrogen) atoms. The molecule has 4 N–H and O–H groups in total. The molecule has 1 atom stereocenters. The molecular weight excluding hydrogens is 812 g/mol. The summed E-state index contributed by atoms with van der Waals surface area (Å²) >= 11 is 3.30. The summed E-state index contributed by atoms with van der Waals surface area (Å²) in [4.78, 5) is 47.6. The summed E-state index contributed by atoms with van der Waals surface area (Å²) in [5, 5.41) is 19.4. The van der Waals surface area contributed by atoms with E-state index in [9.17, 15) is 14.9 Å². The number of anilines is 2. The number of nitrogens with zero attached hydrogens (tertiary/aromatic N) is 7. The number of carbonyl (C=O) groups is 2. The smallest absolute Gasteiger partial charge is 0.262 e. The number of oxime groups is 1. The van der Waals surface area contributed by atoms with E-state index >= 15 is 0 Å². The molecule has 3 aromatic rings. The van der Waals surface area contributed by atoms with Crippen LogP contribution >= 0.6 is 15.9 Å². The maximum absolute atomic E-state index is 12.9. The summed E-state index contributed by atoms with van der Waals surface area (Å²) in [6.07, 6.45) is 4.52. The zero-order valence-corrected chi connectivity index (χ0v) is 34.7. The summed E-state index contributed by atoms with van der Waals surface area (Å²) < 4.78 is 22.9. The molecule has 2 amide bonds. The van der Waals surface area contributed by atoms with Crippen LogP contribution in [0.2, 0.25) is 0 Å². The van der Waals surface area contributed by atoms with Crippen molar-refractivity contribution in [2.75, 3.05) is 103 Å². The maximum Gasteiger partial charge on any atom is 0.262 e. The van der Waals surface area contributed by atoms with Crippen molar-refractivity contribution in [1.82, 2.24) is 30.5 Å². The summed E-state index contributed by atoms with van der Waals surface area (Å²) in [5.41, 5.74) is 7.24. The Morgan fingerprint density at radius 2 is 1.69 bits per heavy atom. The van der Waals surface area contributed by atoms with E-state index in [-0.39, 0.29) is 30.7 Å². The van der Waals surface area contributed by atoms with E-state index in [0.29, 0.717) is 86.8 Å². The van der Waals surface area contributed by atoms with Crippen molar-refractivity contribution in [3.63, 3.8) is 0 Å². The van der Waals surface area contributed by atoms with Crippen molar-refractivity contribution in [3.05, 3.63) is 75.8 Å². The van der Waals surface area contributed by atoms with Gasteiger partial charge in [0, 0.05) is 38.8 Å². The molecule has 0 radical (unpaired) electrons. The van der Waals surface area contributed by atoms with Crippen LogP contribution in [-0.2, 0) is 28.6 Å². The Labute approximate surface area is 348 Å². The van der Waals surface area contributed by atoms with Gasteiger partial charge in [-0.2, -0.15) is 5.26 Å². The molecule has 17 nitrogen and oxygen atoms in total. The number of rotatable bonds is 25. The molecule has 3 heterocycles. The number of ether oxygens (including phenoxy) is 4. The molecule has 0 aliphatic carbocycles. The number of nitrogens with one attached hydrogen (secondary N) is 2. The molecule has 1 aliphatic rings. The summed E-state index contributed by atoms with van der Waals surface area (Å²) in [6.45, 7) is 10.6. The van der Waals surface area contributed by atoms with Crippen LogP contribution in [0.4, 0.5) is 11.6 Å². The Hall–Kier alpha value is -5.19. The van der Waals surface area contributed by atoms with Crippen LogP contribution in [0.3, 0.4) is 0 Å². The molecule has 2 aromatic heterocycles. The lowest BCUT2D eigenvalue weighted by Gasteiger charge is -2.35. The zero-order chi connectivity index (χ0) is 41.4. The lowest BCUT2D eigenvalue weighted by molar-refractivity contribution is -0.122. The molecular formula is C40H53BrN10O7. The maximum atomic E-state index is 12.9. The number of piperazine rings is 1. The van der Waals surface area contributed by atoms with Crippen LogP contribution in [-0.4, -0.2) is 130 Å². The predicted octanol–water partition coefficient (Wildman–Crippen LogP) is 3.46. The Morgan fingerprint density at radius 1 is 0.983 bits per heavy atom. The second kappa shape index (κ2) is 25.9. The molecule has 1 aliphatic heterocycles. The van der Waals surface area contributed by atoms with Gasteiger partial charge in [-0.15, -0.1) is 0 Å². The minimum atomic E-state index is -0.462. The highest BCUT2D eigenvalue weighted by Crippen LogP contribution is 2.23. The number of hydrogen-bond donors (Lipinski definition) is 3. The van der Waals surface area contributed by atoms with Gasteiger partial charge in [-0.25, -0.2) is 15.0 Å².